The third kappa shape index (κ3) is 2.73. The first kappa shape index (κ1) is 15.7. The standard InChI is InChI=1S/C18H14N6O2/c1-11-3-2-4-14(22-11)18-13(9-20-23-18)12-5-7-16-19-10-21-24(16)15(12)6-8-17(25)26/h2-10H,1H3,(H,20,23)(H,25,26)/b8-6+. The predicted molar refractivity (Wildman–Crippen MR) is 95.2 cm³/mol. The van der Waals surface area contributed by atoms with Crippen molar-refractivity contribution >= 4 is 17.7 Å². The van der Waals surface area contributed by atoms with E-state index in [9.17, 15) is 4.79 Å². The number of hydrogen-bond acceptors (Lipinski definition) is 5. The van der Waals surface area contributed by atoms with E-state index < -0.39 is 5.97 Å². The Balaban J connectivity index is 1.95. The third-order valence-electron chi connectivity index (χ3n) is 3.94. The van der Waals surface area contributed by atoms with Crippen LogP contribution in [-0.4, -0.2) is 40.9 Å². The van der Waals surface area contributed by atoms with Crippen LogP contribution in [0.1, 0.15) is 11.4 Å². The summed E-state index contributed by atoms with van der Waals surface area (Å²) < 4.78 is 1.59. The first-order valence-electron chi connectivity index (χ1n) is 7.85. The zero-order valence-electron chi connectivity index (χ0n) is 13.8. The highest BCUT2D eigenvalue weighted by Gasteiger charge is 2.16. The molecule has 0 fully saturated rings. The lowest BCUT2D eigenvalue weighted by Gasteiger charge is -2.09. The van der Waals surface area contributed by atoms with Crippen LogP contribution < -0.4 is 0 Å². The maximum Gasteiger partial charge on any atom is 0.328 e. The van der Waals surface area contributed by atoms with Gasteiger partial charge in [-0.15, -0.1) is 0 Å². The number of hydrogen-bond donors (Lipinski definition) is 2. The second-order valence-electron chi connectivity index (χ2n) is 5.66. The first-order chi connectivity index (χ1) is 12.6. The Morgan fingerprint density at radius 3 is 2.92 bits per heavy atom. The zero-order chi connectivity index (χ0) is 18.1. The number of pyridine rings is 2. The molecule has 0 aromatic carbocycles. The van der Waals surface area contributed by atoms with Gasteiger partial charge in [-0.25, -0.2) is 14.3 Å². The molecule has 8 heteroatoms. The number of nitrogens with one attached hydrogen (secondary N) is 1. The SMILES string of the molecule is Cc1cccc(-c2[nH]ncc2-c2ccc3ncnn3c2/C=C/C(=O)O)n1. The summed E-state index contributed by atoms with van der Waals surface area (Å²) in [5.74, 6) is -1.04. The third-order valence-corrected chi connectivity index (χ3v) is 3.94. The molecule has 0 aliphatic heterocycles. The number of carboxylic acids is 1. The number of fused-ring (bicyclic) bond motifs is 1. The number of carbonyl (C=O) groups is 1. The number of aromatic nitrogens is 6. The lowest BCUT2D eigenvalue weighted by atomic mass is 10.0. The molecule has 4 aromatic rings. The summed E-state index contributed by atoms with van der Waals surface area (Å²) >= 11 is 0. The quantitative estimate of drug-likeness (QED) is 0.550. The molecule has 0 spiro atoms. The maximum atomic E-state index is 11.0. The monoisotopic (exact) mass is 346 g/mol. The highest BCUT2D eigenvalue weighted by molar-refractivity contribution is 5.89. The number of nitrogens with zero attached hydrogens (tertiary/aromatic N) is 5. The summed E-state index contributed by atoms with van der Waals surface area (Å²) in [6.07, 6.45) is 5.69. The fourth-order valence-electron chi connectivity index (χ4n) is 2.81. The molecule has 0 radical (unpaired) electrons. The van der Waals surface area contributed by atoms with E-state index in [-0.39, 0.29) is 0 Å². The Labute approximate surface area is 147 Å². The van der Waals surface area contributed by atoms with Gasteiger partial charge in [-0.2, -0.15) is 10.2 Å². The molecule has 26 heavy (non-hydrogen) atoms. The van der Waals surface area contributed by atoms with Gasteiger partial charge in [-0.1, -0.05) is 6.07 Å². The zero-order valence-corrected chi connectivity index (χ0v) is 13.8. The number of H-pyrrole nitrogens is 1. The van der Waals surface area contributed by atoms with Crippen molar-refractivity contribution in [1.82, 2.24) is 29.8 Å². The smallest absolute Gasteiger partial charge is 0.328 e. The van der Waals surface area contributed by atoms with Crippen LogP contribution in [0.15, 0.2) is 48.9 Å². The van der Waals surface area contributed by atoms with Crippen molar-refractivity contribution in [2.24, 2.45) is 0 Å². The molecule has 4 heterocycles. The number of aryl methyl sites for hydroxylation is 1. The summed E-state index contributed by atoms with van der Waals surface area (Å²) in [6, 6.07) is 9.43. The van der Waals surface area contributed by atoms with Crippen molar-refractivity contribution in [3.8, 4) is 22.5 Å². The molecule has 2 N–H and O–H groups in total. The van der Waals surface area contributed by atoms with E-state index in [0.717, 1.165) is 34.3 Å². The Hall–Kier alpha value is -3.81. The molecule has 128 valence electrons. The molecule has 0 unspecified atom stereocenters. The van der Waals surface area contributed by atoms with Gasteiger partial charge in [0.1, 0.15) is 6.33 Å². The lowest BCUT2D eigenvalue weighted by Crippen LogP contribution is -1.99. The number of carboxylic acid groups (broad SMARTS) is 1. The van der Waals surface area contributed by atoms with Crippen LogP contribution in [0.5, 0.6) is 0 Å². The van der Waals surface area contributed by atoms with E-state index in [4.69, 9.17) is 5.11 Å². The summed E-state index contributed by atoms with van der Waals surface area (Å²) in [5, 5.41) is 20.4. The molecule has 0 atom stereocenters. The maximum absolute atomic E-state index is 11.0. The highest BCUT2D eigenvalue weighted by Crippen LogP contribution is 2.32. The van der Waals surface area contributed by atoms with E-state index in [1.165, 1.54) is 12.4 Å². The normalized spacial score (nSPS) is 11.4. The number of aromatic amines is 1. The van der Waals surface area contributed by atoms with Crippen molar-refractivity contribution in [1.29, 1.82) is 0 Å². The second kappa shape index (κ2) is 6.25. The Morgan fingerprint density at radius 1 is 1.23 bits per heavy atom. The average molecular weight is 346 g/mol. The summed E-state index contributed by atoms with van der Waals surface area (Å²) in [4.78, 5) is 19.7. The molecule has 0 aliphatic carbocycles. The van der Waals surface area contributed by atoms with Crippen molar-refractivity contribution in [3.63, 3.8) is 0 Å². The number of rotatable bonds is 4. The van der Waals surface area contributed by atoms with Crippen LogP contribution in [0.3, 0.4) is 0 Å². The van der Waals surface area contributed by atoms with E-state index in [2.05, 4.69) is 25.3 Å². The van der Waals surface area contributed by atoms with Gasteiger partial charge in [0.25, 0.3) is 0 Å². The molecular weight excluding hydrogens is 332 g/mol. The largest absolute Gasteiger partial charge is 0.478 e. The van der Waals surface area contributed by atoms with Gasteiger partial charge in [0, 0.05) is 22.9 Å². The van der Waals surface area contributed by atoms with E-state index in [1.54, 1.807) is 10.7 Å². The molecule has 8 nitrogen and oxygen atoms in total. The van der Waals surface area contributed by atoms with Crippen LogP contribution in [-0.2, 0) is 4.79 Å². The molecule has 0 aliphatic rings. The average Bonchev–Trinajstić information content (AvgIpc) is 3.28. The van der Waals surface area contributed by atoms with Crippen LogP contribution in [0, 0.1) is 6.92 Å². The first-order valence-corrected chi connectivity index (χ1v) is 7.85. The molecule has 4 aromatic heterocycles. The van der Waals surface area contributed by atoms with Crippen LogP contribution >= 0.6 is 0 Å². The molecular formula is C18H14N6O2. The molecule has 0 bridgehead atoms. The fraction of sp³-hybridized carbons (Fsp3) is 0.0556. The number of aliphatic carboxylic acids is 1. The van der Waals surface area contributed by atoms with Gasteiger partial charge in [0.15, 0.2) is 5.65 Å². The van der Waals surface area contributed by atoms with E-state index in [1.807, 2.05) is 37.3 Å². The highest BCUT2D eigenvalue weighted by atomic mass is 16.4. The van der Waals surface area contributed by atoms with Crippen molar-refractivity contribution < 1.29 is 9.90 Å². The fourth-order valence-corrected chi connectivity index (χ4v) is 2.81. The minimum atomic E-state index is -1.04. The Kier molecular flexibility index (Phi) is 3.77. The van der Waals surface area contributed by atoms with E-state index >= 15 is 0 Å². The van der Waals surface area contributed by atoms with Crippen LogP contribution in [0.2, 0.25) is 0 Å². The minimum absolute atomic E-state index is 0.595. The summed E-state index contributed by atoms with van der Waals surface area (Å²) in [5.41, 5.74) is 5.18. The molecule has 0 saturated carbocycles. The van der Waals surface area contributed by atoms with Crippen LogP contribution in [0.25, 0.3) is 34.2 Å². The van der Waals surface area contributed by atoms with Gasteiger partial charge in [0.2, 0.25) is 0 Å². The van der Waals surface area contributed by atoms with Gasteiger partial charge >= 0.3 is 5.97 Å². The lowest BCUT2D eigenvalue weighted by molar-refractivity contribution is -0.131. The molecule has 4 rings (SSSR count). The second-order valence-corrected chi connectivity index (χ2v) is 5.66. The molecule has 0 saturated heterocycles. The van der Waals surface area contributed by atoms with Crippen molar-refractivity contribution in [2.75, 3.05) is 0 Å². The van der Waals surface area contributed by atoms with Crippen molar-refractivity contribution in [2.45, 2.75) is 6.92 Å². The van der Waals surface area contributed by atoms with Crippen molar-refractivity contribution in [3.05, 3.63) is 60.3 Å². The summed E-state index contributed by atoms with van der Waals surface area (Å²) in [6.45, 7) is 1.92. The molecule has 0 amide bonds. The predicted octanol–water partition coefficient (Wildman–Crippen LogP) is 2.59. The summed E-state index contributed by atoms with van der Waals surface area (Å²) in [7, 11) is 0. The Morgan fingerprint density at radius 2 is 2.12 bits per heavy atom. The Bertz CT molecular complexity index is 1140. The van der Waals surface area contributed by atoms with Gasteiger partial charge in [0.05, 0.1) is 23.3 Å². The van der Waals surface area contributed by atoms with Gasteiger partial charge in [-0.05, 0) is 37.3 Å². The van der Waals surface area contributed by atoms with E-state index in [0.29, 0.717) is 11.3 Å². The van der Waals surface area contributed by atoms with Crippen LogP contribution in [0.4, 0.5) is 0 Å². The van der Waals surface area contributed by atoms with Gasteiger partial charge in [-0.3, -0.25) is 10.1 Å². The topological polar surface area (TPSA) is 109 Å². The van der Waals surface area contributed by atoms with Gasteiger partial charge < -0.3 is 5.11 Å². The minimum Gasteiger partial charge on any atom is -0.478 e.